The van der Waals surface area contributed by atoms with Gasteiger partial charge in [-0.05, 0) is 37.3 Å². The molecule has 0 aliphatic heterocycles. The molecule has 0 unspecified atom stereocenters. The van der Waals surface area contributed by atoms with Crippen molar-refractivity contribution in [3.05, 3.63) is 34.9 Å². The van der Waals surface area contributed by atoms with Crippen LogP contribution >= 0.6 is 0 Å². The van der Waals surface area contributed by atoms with E-state index >= 15 is 0 Å². The second-order valence-electron chi connectivity index (χ2n) is 3.51. The van der Waals surface area contributed by atoms with Gasteiger partial charge in [-0.25, -0.2) is 0 Å². The Labute approximate surface area is 77.9 Å². The van der Waals surface area contributed by atoms with Crippen molar-refractivity contribution in [2.75, 3.05) is 0 Å². The van der Waals surface area contributed by atoms with Gasteiger partial charge in [-0.15, -0.1) is 0 Å². The highest BCUT2D eigenvalue weighted by Gasteiger charge is 2.17. The van der Waals surface area contributed by atoms with E-state index in [-0.39, 0.29) is 0 Å². The molecule has 68 valence electrons. The predicted molar refractivity (Wildman–Crippen MR) is 52.4 cm³/mol. The van der Waals surface area contributed by atoms with Gasteiger partial charge in [0, 0.05) is 5.56 Å². The van der Waals surface area contributed by atoms with Crippen LogP contribution in [0.5, 0.6) is 0 Å². The minimum atomic E-state index is 0.847. The Bertz CT molecular complexity index is 355. The van der Waals surface area contributed by atoms with Gasteiger partial charge in [0.2, 0.25) is 0 Å². The minimum Gasteiger partial charge on any atom is -0.411 e. The molecule has 2 rings (SSSR count). The van der Waals surface area contributed by atoms with Crippen LogP contribution in [-0.4, -0.2) is 10.9 Å². The van der Waals surface area contributed by atoms with Crippen molar-refractivity contribution in [1.82, 2.24) is 0 Å². The van der Waals surface area contributed by atoms with Crippen LogP contribution in [0.1, 0.15) is 29.5 Å². The minimum absolute atomic E-state index is 0.847. The standard InChI is InChI=1S/C11H13NO/c1-8-4-2-5-9-6-3-7-10(12-13)11(8)9/h2,4-5,13H,3,6-7H2,1H3. The average Bonchev–Trinajstić information content (AvgIpc) is 2.17. The number of aryl methyl sites for hydroxylation is 2. The number of oxime groups is 1. The first-order chi connectivity index (χ1) is 6.33. The van der Waals surface area contributed by atoms with Gasteiger partial charge in [-0.2, -0.15) is 0 Å². The fourth-order valence-corrected chi connectivity index (χ4v) is 2.02. The first kappa shape index (κ1) is 8.30. The quantitative estimate of drug-likeness (QED) is 0.477. The van der Waals surface area contributed by atoms with Crippen LogP contribution in [0, 0.1) is 6.92 Å². The van der Waals surface area contributed by atoms with Crippen molar-refractivity contribution in [3.63, 3.8) is 0 Å². The molecule has 1 aromatic rings. The van der Waals surface area contributed by atoms with Crippen LogP contribution in [0.15, 0.2) is 23.4 Å². The lowest BCUT2D eigenvalue weighted by molar-refractivity contribution is 0.317. The highest BCUT2D eigenvalue weighted by Crippen LogP contribution is 2.24. The molecular weight excluding hydrogens is 162 g/mol. The topological polar surface area (TPSA) is 32.6 Å². The molecule has 0 saturated heterocycles. The molecular formula is C11H13NO. The Morgan fingerprint density at radius 1 is 1.31 bits per heavy atom. The number of rotatable bonds is 0. The molecule has 13 heavy (non-hydrogen) atoms. The molecule has 0 heterocycles. The molecule has 0 saturated carbocycles. The van der Waals surface area contributed by atoms with Gasteiger partial charge in [-0.1, -0.05) is 23.4 Å². The molecule has 0 bridgehead atoms. The lowest BCUT2D eigenvalue weighted by Gasteiger charge is -2.18. The van der Waals surface area contributed by atoms with Crippen LogP contribution in [0.2, 0.25) is 0 Å². The first-order valence-corrected chi connectivity index (χ1v) is 4.62. The maximum atomic E-state index is 8.85. The Hall–Kier alpha value is -1.31. The van der Waals surface area contributed by atoms with E-state index in [0.717, 1.165) is 30.5 Å². The van der Waals surface area contributed by atoms with E-state index in [2.05, 4.69) is 30.3 Å². The van der Waals surface area contributed by atoms with Gasteiger partial charge in [0.1, 0.15) is 0 Å². The Morgan fingerprint density at radius 3 is 2.92 bits per heavy atom. The van der Waals surface area contributed by atoms with E-state index in [1.54, 1.807) is 0 Å². The SMILES string of the molecule is Cc1cccc2c1C(=NO)CCC2. The van der Waals surface area contributed by atoms with Crippen LogP contribution in [0.25, 0.3) is 0 Å². The van der Waals surface area contributed by atoms with E-state index in [1.165, 1.54) is 11.1 Å². The predicted octanol–water partition coefficient (Wildman–Crippen LogP) is 2.51. The highest BCUT2D eigenvalue weighted by atomic mass is 16.4. The number of benzene rings is 1. The zero-order valence-electron chi connectivity index (χ0n) is 7.75. The molecule has 1 aromatic carbocycles. The fourth-order valence-electron chi connectivity index (χ4n) is 2.02. The normalized spacial score (nSPS) is 18.7. The molecule has 1 aliphatic carbocycles. The Kier molecular flexibility index (Phi) is 2.05. The zero-order chi connectivity index (χ0) is 9.26. The number of hydrogen-bond donors (Lipinski definition) is 1. The summed E-state index contributed by atoms with van der Waals surface area (Å²) in [5, 5.41) is 12.2. The second kappa shape index (κ2) is 3.21. The molecule has 0 atom stereocenters. The summed E-state index contributed by atoms with van der Waals surface area (Å²) >= 11 is 0. The summed E-state index contributed by atoms with van der Waals surface area (Å²) in [6.07, 6.45) is 3.10. The Balaban J connectivity index is 2.60. The molecule has 0 fully saturated rings. The van der Waals surface area contributed by atoms with Gasteiger partial charge in [0.05, 0.1) is 5.71 Å². The molecule has 0 radical (unpaired) electrons. The maximum Gasteiger partial charge on any atom is 0.0873 e. The van der Waals surface area contributed by atoms with E-state index in [9.17, 15) is 0 Å². The third kappa shape index (κ3) is 1.32. The Morgan fingerprint density at radius 2 is 2.15 bits per heavy atom. The molecule has 2 nitrogen and oxygen atoms in total. The lowest BCUT2D eigenvalue weighted by atomic mass is 9.87. The lowest BCUT2D eigenvalue weighted by Crippen LogP contribution is -2.13. The van der Waals surface area contributed by atoms with Crippen LogP contribution in [-0.2, 0) is 6.42 Å². The van der Waals surface area contributed by atoms with Crippen LogP contribution in [0.3, 0.4) is 0 Å². The summed E-state index contributed by atoms with van der Waals surface area (Å²) in [7, 11) is 0. The van der Waals surface area contributed by atoms with Crippen molar-refractivity contribution < 1.29 is 5.21 Å². The molecule has 1 N–H and O–H groups in total. The number of fused-ring (bicyclic) bond motifs is 1. The van der Waals surface area contributed by atoms with Crippen molar-refractivity contribution >= 4 is 5.71 Å². The molecule has 0 amide bonds. The number of hydrogen-bond acceptors (Lipinski definition) is 2. The van der Waals surface area contributed by atoms with E-state index < -0.39 is 0 Å². The van der Waals surface area contributed by atoms with E-state index in [1.807, 2.05) is 0 Å². The smallest absolute Gasteiger partial charge is 0.0873 e. The van der Waals surface area contributed by atoms with Gasteiger partial charge in [0.15, 0.2) is 0 Å². The van der Waals surface area contributed by atoms with Crippen molar-refractivity contribution in [2.24, 2.45) is 5.16 Å². The molecule has 0 aromatic heterocycles. The summed E-state index contributed by atoms with van der Waals surface area (Å²) in [6, 6.07) is 6.25. The van der Waals surface area contributed by atoms with E-state index in [4.69, 9.17) is 5.21 Å². The average molecular weight is 175 g/mol. The molecule has 1 aliphatic rings. The summed E-state index contributed by atoms with van der Waals surface area (Å²) in [5.41, 5.74) is 4.54. The zero-order valence-corrected chi connectivity index (χ0v) is 7.75. The monoisotopic (exact) mass is 175 g/mol. The largest absolute Gasteiger partial charge is 0.411 e. The van der Waals surface area contributed by atoms with Crippen LogP contribution in [0.4, 0.5) is 0 Å². The second-order valence-corrected chi connectivity index (χ2v) is 3.51. The highest BCUT2D eigenvalue weighted by molar-refractivity contribution is 6.03. The van der Waals surface area contributed by atoms with E-state index in [0.29, 0.717) is 0 Å². The van der Waals surface area contributed by atoms with Crippen molar-refractivity contribution in [3.8, 4) is 0 Å². The van der Waals surface area contributed by atoms with Gasteiger partial charge >= 0.3 is 0 Å². The van der Waals surface area contributed by atoms with Crippen LogP contribution < -0.4 is 0 Å². The summed E-state index contributed by atoms with van der Waals surface area (Å²) < 4.78 is 0. The fraction of sp³-hybridized carbons (Fsp3) is 0.364. The summed E-state index contributed by atoms with van der Waals surface area (Å²) in [4.78, 5) is 0. The molecule has 0 spiro atoms. The third-order valence-corrected chi connectivity index (χ3v) is 2.63. The van der Waals surface area contributed by atoms with Gasteiger partial charge in [-0.3, -0.25) is 0 Å². The summed E-state index contributed by atoms with van der Waals surface area (Å²) in [5.74, 6) is 0. The first-order valence-electron chi connectivity index (χ1n) is 4.62. The van der Waals surface area contributed by atoms with Gasteiger partial charge in [0.25, 0.3) is 0 Å². The summed E-state index contributed by atoms with van der Waals surface area (Å²) in [6.45, 7) is 2.06. The van der Waals surface area contributed by atoms with Crippen molar-refractivity contribution in [1.29, 1.82) is 0 Å². The van der Waals surface area contributed by atoms with Gasteiger partial charge < -0.3 is 5.21 Å². The number of nitrogens with zero attached hydrogens (tertiary/aromatic N) is 1. The third-order valence-electron chi connectivity index (χ3n) is 2.63. The molecule has 2 heteroatoms. The van der Waals surface area contributed by atoms with Crippen molar-refractivity contribution in [2.45, 2.75) is 26.2 Å². The maximum absolute atomic E-state index is 8.85.